The van der Waals surface area contributed by atoms with Gasteiger partial charge in [0.1, 0.15) is 12.4 Å². The van der Waals surface area contributed by atoms with Gasteiger partial charge in [0.2, 0.25) is 0 Å². The third kappa shape index (κ3) is 5.33. The Labute approximate surface area is 126 Å². The fraction of sp³-hybridized carbons (Fsp3) is 0.471. The molecule has 0 fully saturated rings. The van der Waals surface area contributed by atoms with E-state index in [9.17, 15) is 4.79 Å². The average Bonchev–Trinajstić information content (AvgIpc) is 2.38. The normalized spacial score (nSPS) is 10.3. The fourth-order valence-corrected chi connectivity index (χ4v) is 2.07. The van der Waals surface area contributed by atoms with Gasteiger partial charge in [-0.05, 0) is 44.0 Å². The molecular weight excluding hydrogens is 268 g/mol. The summed E-state index contributed by atoms with van der Waals surface area (Å²) in [5, 5.41) is 0. The van der Waals surface area contributed by atoms with Crippen LogP contribution in [-0.2, 0) is 22.7 Å². The first-order chi connectivity index (χ1) is 9.99. The number of ketones is 1. The quantitative estimate of drug-likeness (QED) is 0.543. The zero-order valence-electron chi connectivity index (χ0n) is 13.5. The van der Waals surface area contributed by atoms with Crippen LogP contribution in [-0.4, -0.2) is 26.6 Å². The van der Waals surface area contributed by atoms with Crippen molar-refractivity contribution < 1.29 is 19.0 Å². The van der Waals surface area contributed by atoms with Crippen LogP contribution in [0, 0.1) is 0 Å². The lowest BCUT2D eigenvalue weighted by molar-refractivity contribution is 0.100. The molecule has 0 aliphatic carbocycles. The Kier molecular flexibility index (Phi) is 7.12. The SMILES string of the molecule is COCc1cc(COC)c(C(C)=O)c(OCC=C(C)C)c1. The van der Waals surface area contributed by atoms with Gasteiger partial charge in [0.25, 0.3) is 0 Å². The minimum atomic E-state index is -0.0294. The van der Waals surface area contributed by atoms with Crippen molar-refractivity contribution >= 4 is 5.78 Å². The molecule has 0 unspecified atom stereocenters. The molecule has 0 saturated carbocycles. The van der Waals surface area contributed by atoms with Crippen molar-refractivity contribution in [2.24, 2.45) is 0 Å². The molecule has 4 heteroatoms. The van der Waals surface area contributed by atoms with Crippen LogP contribution in [0.1, 0.15) is 42.3 Å². The van der Waals surface area contributed by atoms with Gasteiger partial charge < -0.3 is 14.2 Å². The van der Waals surface area contributed by atoms with E-state index in [1.54, 1.807) is 14.2 Å². The van der Waals surface area contributed by atoms with Gasteiger partial charge in [-0.15, -0.1) is 0 Å². The number of ether oxygens (including phenoxy) is 3. The average molecular weight is 292 g/mol. The largest absolute Gasteiger partial charge is 0.489 e. The monoisotopic (exact) mass is 292 g/mol. The highest BCUT2D eigenvalue weighted by Crippen LogP contribution is 2.27. The number of Topliss-reactive ketones (excluding diaryl/α,β-unsaturated/α-hetero) is 1. The highest BCUT2D eigenvalue weighted by molar-refractivity contribution is 5.98. The minimum Gasteiger partial charge on any atom is -0.489 e. The third-order valence-corrected chi connectivity index (χ3v) is 2.94. The van der Waals surface area contributed by atoms with Crippen molar-refractivity contribution in [3.05, 3.63) is 40.5 Å². The molecule has 0 radical (unpaired) electrons. The molecule has 0 aromatic heterocycles. The Morgan fingerprint density at radius 3 is 2.29 bits per heavy atom. The lowest BCUT2D eigenvalue weighted by atomic mass is 10.0. The van der Waals surface area contributed by atoms with Crippen molar-refractivity contribution in [3.63, 3.8) is 0 Å². The molecule has 21 heavy (non-hydrogen) atoms. The number of hydrogen-bond donors (Lipinski definition) is 0. The topological polar surface area (TPSA) is 44.8 Å². The standard InChI is InChI=1S/C17H24O4/c1-12(2)6-7-21-16-9-14(10-19-4)8-15(11-20-5)17(16)13(3)18/h6,8-9H,7,10-11H2,1-5H3. The molecule has 116 valence electrons. The predicted octanol–water partition coefficient (Wildman–Crippen LogP) is 3.53. The number of carbonyl (C=O) groups excluding carboxylic acids is 1. The number of hydrogen-bond acceptors (Lipinski definition) is 4. The first-order valence-corrected chi connectivity index (χ1v) is 6.90. The predicted molar refractivity (Wildman–Crippen MR) is 82.8 cm³/mol. The van der Waals surface area contributed by atoms with Crippen molar-refractivity contribution in [3.8, 4) is 5.75 Å². The van der Waals surface area contributed by atoms with E-state index in [-0.39, 0.29) is 5.78 Å². The summed E-state index contributed by atoms with van der Waals surface area (Å²) in [4.78, 5) is 11.9. The van der Waals surface area contributed by atoms with E-state index >= 15 is 0 Å². The molecule has 0 spiro atoms. The summed E-state index contributed by atoms with van der Waals surface area (Å²) in [7, 11) is 3.25. The number of benzene rings is 1. The van der Waals surface area contributed by atoms with Crippen LogP contribution in [0.5, 0.6) is 5.75 Å². The lowest BCUT2D eigenvalue weighted by Crippen LogP contribution is -2.08. The van der Waals surface area contributed by atoms with Gasteiger partial charge in [-0.1, -0.05) is 11.6 Å². The van der Waals surface area contributed by atoms with Crippen LogP contribution in [0.4, 0.5) is 0 Å². The van der Waals surface area contributed by atoms with Gasteiger partial charge in [-0.2, -0.15) is 0 Å². The molecule has 0 N–H and O–H groups in total. The van der Waals surface area contributed by atoms with Gasteiger partial charge in [0, 0.05) is 14.2 Å². The van der Waals surface area contributed by atoms with E-state index in [0.29, 0.717) is 31.1 Å². The maximum Gasteiger partial charge on any atom is 0.163 e. The van der Waals surface area contributed by atoms with Crippen molar-refractivity contribution in [1.82, 2.24) is 0 Å². The second kappa shape index (κ2) is 8.60. The zero-order chi connectivity index (χ0) is 15.8. The minimum absolute atomic E-state index is 0.0294. The zero-order valence-corrected chi connectivity index (χ0v) is 13.5. The van der Waals surface area contributed by atoms with Crippen molar-refractivity contribution in [1.29, 1.82) is 0 Å². The fourth-order valence-electron chi connectivity index (χ4n) is 2.07. The van der Waals surface area contributed by atoms with E-state index in [0.717, 1.165) is 11.1 Å². The van der Waals surface area contributed by atoms with Gasteiger partial charge >= 0.3 is 0 Å². The second-order valence-corrected chi connectivity index (χ2v) is 5.14. The maximum absolute atomic E-state index is 11.9. The highest BCUT2D eigenvalue weighted by atomic mass is 16.5. The van der Waals surface area contributed by atoms with Crippen molar-refractivity contribution in [2.75, 3.05) is 20.8 Å². The number of rotatable bonds is 8. The maximum atomic E-state index is 11.9. The van der Waals surface area contributed by atoms with Crippen molar-refractivity contribution in [2.45, 2.75) is 34.0 Å². The van der Waals surface area contributed by atoms with Gasteiger partial charge in [-0.3, -0.25) is 4.79 Å². The molecule has 0 amide bonds. The van der Waals surface area contributed by atoms with Crippen LogP contribution >= 0.6 is 0 Å². The molecule has 4 nitrogen and oxygen atoms in total. The molecule has 1 aromatic carbocycles. The third-order valence-electron chi connectivity index (χ3n) is 2.94. The number of methoxy groups -OCH3 is 2. The van der Waals surface area contributed by atoms with Gasteiger partial charge in [-0.25, -0.2) is 0 Å². The summed E-state index contributed by atoms with van der Waals surface area (Å²) in [6.45, 7) is 6.82. The molecule has 0 bridgehead atoms. The number of carbonyl (C=O) groups is 1. The van der Waals surface area contributed by atoms with E-state index in [1.807, 2.05) is 32.1 Å². The summed E-state index contributed by atoms with van der Waals surface area (Å²) in [5.41, 5.74) is 3.54. The highest BCUT2D eigenvalue weighted by Gasteiger charge is 2.16. The van der Waals surface area contributed by atoms with Gasteiger partial charge in [0.05, 0.1) is 18.8 Å². The molecule has 0 saturated heterocycles. The van der Waals surface area contributed by atoms with Crippen LogP contribution < -0.4 is 4.74 Å². The van der Waals surface area contributed by atoms with Crippen LogP contribution in [0.15, 0.2) is 23.8 Å². The molecular formula is C17H24O4. The van der Waals surface area contributed by atoms with Crippen LogP contribution in [0.2, 0.25) is 0 Å². The van der Waals surface area contributed by atoms with Crippen LogP contribution in [0.3, 0.4) is 0 Å². The Bertz CT molecular complexity index is 514. The summed E-state index contributed by atoms with van der Waals surface area (Å²) >= 11 is 0. The summed E-state index contributed by atoms with van der Waals surface area (Å²) in [6.07, 6.45) is 1.98. The summed E-state index contributed by atoms with van der Waals surface area (Å²) in [6, 6.07) is 3.79. The Balaban J connectivity index is 3.20. The van der Waals surface area contributed by atoms with E-state index in [2.05, 4.69) is 0 Å². The molecule has 1 rings (SSSR count). The smallest absolute Gasteiger partial charge is 0.163 e. The molecule has 0 aliphatic rings. The second-order valence-electron chi connectivity index (χ2n) is 5.14. The molecule has 0 atom stereocenters. The Morgan fingerprint density at radius 2 is 1.76 bits per heavy atom. The summed E-state index contributed by atoms with van der Waals surface area (Å²) in [5.74, 6) is 0.555. The first-order valence-electron chi connectivity index (χ1n) is 6.90. The van der Waals surface area contributed by atoms with Gasteiger partial charge in [0.15, 0.2) is 5.78 Å². The van der Waals surface area contributed by atoms with E-state index < -0.39 is 0 Å². The lowest BCUT2D eigenvalue weighted by Gasteiger charge is -2.15. The van der Waals surface area contributed by atoms with E-state index in [4.69, 9.17) is 14.2 Å². The summed E-state index contributed by atoms with van der Waals surface area (Å²) < 4.78 is 16.1. The van der Waals surface area contributed by atoms with E-state index in [1.165, 1.54) is 12.5 Å². The number of allylic oxidation sites excluding steroid dienone is 1. The first kappa shape index (κ1) is 17.4. The Morgan fingerprint density at radius 1 is 1.10 bits per heavy atom. The molecule has 0 heterocycles. The van der Waals surface area contributed by atoms with Crippen LogP contribution in [0.25, 0.3) is 0 Å². The Hall–Kier alpha value is -1.65. The molecule has 0 aliphatic heterocycles. The molecule has 1 aromatic rings.